The highest BCUT2D eigenvalue weighted by atomic mass is 35.5. The Morgan fingerprint density at radius 3 is 2.71 bits per heavy atom. The first-order valence-electron chi connectivity index (χ1n) is 7.64. The van der Waals surface area contributed by atoms with Gasteiger partial charge in [-0.05, 0) is 30.7 Å². The maximum atomic E-state index is 12.2. The van der Waals surface area contributed by atoms with Crippen molar-refractivity contribution in [1.82, 2.24) is 14.9 Å². The number of halogens is 1. The van der Waals surface area contributed by atoms with Gasteiger partial charge < -0.3 is 9.88 Å². The second-order valence-electron chi connectivity index (χ2n) is 5.54. The Hall–Kier alpha value is -1.98. The zero-order chi connectivity index (χ0) is 17.1. The maximum Gasteiger partial charge on any atom is 0.230 e. The number of aromatic nitrogens is 2. The number of amides is 1. The molecule has 0 aliphatic heterocycles. The van der Waals surface area contributed by atoms with Crippen LogP contribution in [0.4, 0.5) is 0 Å². The average Bonchev–Trinajstić information content (AvgIpc) is 2.90. The van der Waals surface area contributed by atoms with Crippen molar-refractivity contribution in [2.75, 3.05) is 5.75 Å². The van der Waals surface area contributed by atoms with Gasteiger partial charge in [-0.2, -0.15) is 0 Å². The van der Waals surface area contributed by atoms with Crippen LogP contribution >= 0.6 is 23.4 Å². The molecule has 0 spiro atoms. The quantitative estimate of drug-likeness (QED) is 0.694. The van der Waals surface area contributed by atoms with Crippen LogP contribution in [-0.2, 0) is 11.8 Å². The van der Waals surface area contributed by atoms with E-state index in [4.69, 9.17) is 11.6 Å². The van der Waals surface area contributed by atoms with Crippen molar-refractivity contribution < 1.29 is 4.79 Å². The fraction of sp³-hybridized carbons (Fsp3) is 0.222. The summed E-state index contributed by atoms with van der Waals surface area (Å²) in [7, 11) is 1.96. The van der Waals surface area contributed by atoms with Crippen LogP contribution in [0.25, 0.3) is 11.0 Å². The Kier molecular flexibility index (Phi) is 5.11. The Morgan fingerprint density at radius 1 is 1.25 bits per heavy atom. The van der Waals surface area contributed by atoms with Crippen LogP contribution in [0.3, 0.4) is 0 Å². The Labute approximate surface area is 150 Å². The van der Waals surface area contributed by atoms with Crippen molar-refractivity contribution in [3.63, 3.8) is 0 Å². The third-order valence-corrected chi connectivity index (χ3v) is 5.20. The summed E-state index contributed by atoms with van der Waals surface area (Å²) in [5, 5.41) is 4.47. The summed E-state index contributed by atoms with van der Waals surface area (Å²) in [5.74, 6) is 0.269. The van der Waals surface area contributed by atoms with Crippen LogP contribution in [0.15, 0.2) is 53.7 Å². The lowest BCUT2D eigenvalue weighted by Crippen LogP contribution is -2.28. The summed E-state index contributed by atoms with van der Waals surface area (Å²) in [5.41, 5.74) is 2.91. The van der Waals surface area contributed by atoms with Crippen LogP contribution in [0.5, 0.6) is 0 Å². The monoisotopic (exact) mass is 359 g/mol. The summed E-state index contributed by atoms with van der Waals surface area (Å²) >= 11 is 7.60. The average molecular weight is 360 g/mol. The third-order valence-electron chi connectivity index (χ3n) is 3.83. The van der Waals surface area contributed by atoms with Crippen LogP contribution in [0, 0.1) is 0 Å². The number of thioether (sulfide) groups is 1. The van der Waals surface area contributed by atoms with E-state index in [0.29, 0.717) is 10.8 Å². The third kappa shape index (κ3) is 3.57. The van der Waals surface area contributed by atoms with Crippen molar-refractivity contribution >= 4 is 40.3 Å². The van der Waals surface area contributed by atoms with Crippen molar-refractivity contribution in [2.24, 2.45) is 7.05 Å². The molecule has 0 radical (unpaired) electrons. The standard InChI is InChI=1S/C18H18ClN3OS/c1-12(13-7-3-4-8-14(13)19)20-17(23)11-24-18-21-15-9-5-6-10-16(15)22(18)2/h3-10,12H,11H2,1-2H3,(H,20,23). The number of hydrogen-bond donors (Lipinski definition) is 1. The lowest BCUT2D eigenvalue weighted by atomic mass is 10.1. The second-order valence-corrected chi connectivity index (χ2v) is 6.89. The van der Waals surface area contributed by atoms with Gasteiger partial charge in [-0.15, -0.1) is 0 Å². The zero-order valence-electron chi connectivity index (χ0n) is 13.5. The summed E-state index contributed by atoms with van der Waals surface area (Å²) in [4.78, 5) is 16.8. The first-order valence-corrected chi connectivity index (χ1v) is 9.00. The van der Waals surface area contributed by atoms with Gasteiger partial charge in [0.05, 0.1) is 22.8 Å². The molecule has 1 aromatic heterocycles. The highest BCUT2D eigenvalue weighted by Crippen LogP contribution is 2.24. The number of benzene rings is 2. The predicted octanol–water partition coefficient (Wildman–Crippen LogP) is 4.20. The van der Waals surface area contributed by atoms with Crippen LogP contribution < -0.4 is 5.32 Å². The molecule has 2 aromatic carbocycles. The molecule has 4 nitrogen and oxygen atoms in total. The van der Waals surface area contributed by atoms with E-state index in [2.05, 4.69) is 10.3 Å². The van der Waals surface area contributed by atoms with E-state index in [-0.39, 0.29) is 11.9 Å². The summed E-state index contributed by atoms with van der Waals surface area (Å²) in [6, 6.07) is 15.3. The lowest BCUT2D eigenvalue weighted by molar-refractivity contribution is -0.119. The molecule has 24 heavy (non-hydrogen) atoms. The van der Waals surface area contributed by atoms with Gasteiger partial charge in [0.15, 0.2) is 5.16 Å². The van der Waals surface area contributed by atoms with Gasteiger partial charge in [-0.3, -0.25) is 4.79 Å². The molecule has 3 aromatic rings. The smallest absolute Gasteiger partial charge is 0.230 e. The van der Waals surface area contributed by atoms with Gasteiger partial charge in [0.1, 0.15) is 0 Å². The second kappa shape index (κ2) is 7.28. The number of rotatable bonds is 5. The number of para-hydroxylation sites is 2. The Morgan fingerprint density at radius 2 is 1.96 bits per heavy atom. The number of nitrogens with one attached hydrogen (secondary N) is 1. The normalized spacial score (nSPS) is 12.3. The minimum absolute atomic E-state index is 0.0422. The number of aryl methyl sites for hydroxylation is 1. The van der Waals surface area contributed by atoms with E-state index in [1.165, 1.54) is 11.8 Å². The van der Waals surface area contributed by atoms with Crippen LogP contribution in [0.2, 0.25) is 5.02 Å². The number of imidazole rings is 1. The molecule has 0 fully saturated rings. The molecule has 124 valence electrons. The number of nitrogens with zero attached hydrogens (tertiary/aromatic N) is 2. The highest BCUT2D eigenvalue weighted by molar-refractivity contribution is 7.99. The minimum atomic E-state index is -0.132. The van der Waals surface area contributed by atoms with E-state index in [1.807, 2.05) is 67.1 Å². The SMILES string of the molecule is CC(NC(=O)CSc1nc2ccccc2n1C)c1ccccc1Cl. The van der Waals surface area contributed by atoms with Crippen molar-refractivity contribution in [2.45, 2.75) is 18.1 Å². The van der Waals surface area contributed by atoms with E-state index in [1.54, 1.807) is 0 Å². The number of carbonyl (C=O) groups excluding carboxylic acids is 1. The fourth-order valence-corrected chi connectivity index (χ4v) is 3.67. The molecule has 0 aliphatic carbocycles. The molecule has 1 N–H and O–H groups in total. The van der Waals surface area contributed by atoms with E-state index in [9.17, 15) is 4.79 Å². The molecule has 0 saturated heterocycles. The van der Waals surface area contributed by atoms with E-state index >= 15 is 0 Å². The van der Waals surface area contributed by atoms with Gasteiger partial charge in [0, 0.05) is 12.1 Å². The molecule has 0 saturated carbocycles. The number of fused-ring (bicyclic) bond motifs is 1. The van der Waals surface area contributed by atoms with Gasteiger partial charge in [-0.1, -0.05) is 53.7 Å². The lowest BCUT2D eigenvalue weighted by Gasteiger charge is -2.15. The Balaban J connectivity index is 1.63. The largest absolute Gasteiger partial charge is 0.349 e. The topological polar surface area (TPSA) is 46.9 Å². The highest BCUT2D eigenvalue weighted by Gasteiger charge is 2.14. The molecule has 3 rings (SSSR count). The number of hydrogen-bond acceptors (Lipinski definition) is 3. The summed E-state index contributed by atoms with van der Waals surface area (Å²) in [6.45, 7) is 1.93. The van der Waals surface area contributed by atoms with Crippen molar-refractivity contribution in [3.05, 3.63) is 59.1 Å². The molecule has 1 unspecified atom stereocenters. The predicted molar refractivity (Wildman–Crippen MR) is 99.4 cm³/mol. The Bertz CT molecular complexity index is 878. The van der Waals surface area contributed by atoms with Gasteiger partial charge in [0.2, 0.25) is 5.91 Å². The first-order chi connectivity index (χ1) is 11.6. The first kappa shape index (κ1) is 16.9. The molecule has 1 atom stereocenters. The van der Waals surface area contributed by atoms with E-state index < -0.39 is 0 Å². The maximum absolute atomic E-state index is 12.2. The molecular formula is C18H18ClN3OS. The molecule has 0 aliphatic rings. The molecule has 0 bridgehead atoms. The molecule has 6 heteroatoms. The van der Waals surface area contributed by atoms with Gasteiger partial charge in [-0.25, -0.2) is 4.98 Å². The zero-order valence-corrected chi connectivity index (χ0v) is 15.1. The van der Waals surface area contributed by atoms with Crippen LogP contribution in [0.1, 0.15) is 18.5 Å². The minimum Gasteiger partial charge on any atom is -0.349 e. The van der Waals surface area contributed by atoms with Crippen LogP contribution in [-0.4, -0.2) is 21.2 Å². The number of carbonyl (C=O) groups is 1. The van der Waals surface area contributed by atoms with Crippen molar-refractivity contribution in [3.8, 4) is 0 Å². The van der Waals surface area contributed by atoms with Gasteiger partial charge >= 0.3 is 0 Å². The summed E-state index contributed by atoms with van der Waals surface area (Å²) in [6.07, 6.45) is 0. The molecular weight excluding hydrogens is 342 g/mol. The fourth-order valence-electron chi connectivity index (χ4n) is 2.57. The summed E-state index contributed by atoms with van der Waals surface area (Å²) < 4.78 is 2.00. The molecule has 1 amide bonds. The van der Waals surface area contributed by atoms with Crippen molar-refractivity contribution in [1.29, 1.82) is 0 Å². The van der Waals surface area contributed by atoms with E-state index in [0.717, 1.165) is 21.8 Å². The van der Waals surface area contributed by atoms with Gasteiger partial charge in [0.25, 0.3) is 0 Å². The molecule has 1 heterocycles.